The van der Waals surface area contributed by atoms with E-state index < -0.39 is 5.79 Å². The van der Waals surface area contributed by atoms with Crippen molar-refractivity contribution in [2.45, 2.75) is 52.4 Å². The Bertz CT molecular complexity index is 89.3. The zero-order valence-electron chi connectivity index (χ0n) is 7.31. The van der Waals surface area contributed by atoms with Gasteiger partial charge >= 0.3 is 0 Å². The lowest BCUT2D eigenvalue weighted by Gasteiger charge is -2.23. The van der Waals surface area contributed by atoms with Crippen molar-refractivity contribution in [3.05, 3.63) is 0 Å². The van der Waals surface area contributed by atoms with Crippen LogP contribution in [0.2, 0.25) is 0 Å². The number of ether oxygens (including phenoxy) is 1. The fourth-order valence-corrected chi connectivity index (χ4v) is 0.592. The Morgan fingerprint density at radius 3 is 2.30 bits per heavy atom. The molecule has 0 heterocycles. The minimum Gasteiger partial charge on any atom is -0.344 e. The van der Waals surface area contributed by atoms with E-state index in [1.807, 2.05) is 20.8 Å². The maximum atomic E-state index is 11.2. The quantitative estimate of drug-likeness (QED) is 0.558. The maximum absolute atomic E-state index is 11.2. The van der Waals surface area contributed by atoms with Gasteiger partial charge in [-0.25, -0.2) is 0 Å². The molecule has 2 atom stereocenters. The van der Waals surface area contributed by atoms with Crippen molar-refractivity contribution in [1.82, 2.24) is 0 Å². The molecule has 0 saturated heterocycles. The van der Waals surface area contributed by atoms with Crippen molar-refractivity contribution in [3.63, 3.8) is 0 Å². The maximum Gasteiger partial charge on any atom is 0.198 e. The molecule has 0 amide bonds. The molecule has 0 aromatic heterocycles. The molecule has 2 unspecified atom stereocenters. The molecule has 0 spiro atoms. The van der Waals surface area contributed by atoms with Crippen molar-refractivity contribution in [3.8, 4) is 0 Å². The van der Waals surface area contributed by atoms with Crippen LogP contribution in [0.25, 0.3) is 0 Å². The van der Waals surface area contributed by atoms with Crippen LogP contribution >= 0.6 is 0 Å². The second-order valence-electron chi connectivity index (χ2n) is 2.82. The summed E-state index contributed by atoms with van der Waals surface area (Å²) in [6.07, 6.45) is 1.51. The smallest absolute Gasteiger partial charge is 0.198 e. The van der Waals surface area contributed by atoms with Crippen LogP contribution in [0.3, 0.4) is 0 Å². The minimum absolute atomic E-state index is 0.0856. The van der Waals surface area contributed by atoms with Gasteiger partial charge < -0.3 is 4.74 Å². The van der Waals surface area contributed by atoms with Crippen molar-refractivity contribution < 1.29 is 9.84 Å². The van der Waals surface area contributed by atoms with Crippen LogP contribution in [-0.2, 0) is 9.84 Å². The Morgan fingerprint density at radius 2 is 2.00 bits per heavy atom. The van der Waals surface area contributed by atoms with Crippen molar-refractivity contribution >= 4 is 0 Å². The van der Waals surface area contributed by atoms with Gasteiger partial charge in [-0.2, -0.15) is 5.11 Å². The molecule has 0 aromatic carbocycles. The molecule has 2 heteroatoms. The normalized spacial score (nSPS) is 20.1. The topological polar surface area (TPSA) is 29.1 Å². The summed E-state index contributed by atoms with van der Waals surface area (Å²) >= 11 is 0. The lowest BCUT2D eigenvalue weighted by atomic mass is 10.2. The van der Waals surface area contributed by atoms with E-state index in [0.29, 0.717) is 6.42 Å². The average molecular weight is 145 g/mol. The highest BCUT2D eigenvalue weighted by molar-refractivity contribution is 4.58. The molecule has 0 aliphatic rings. The molecule has 0 fully saturated rings. The summed E-state index contributed by atoms with van der Waals surface area (Å²) < 4.78 is 5.18. The van der Waals surface area contributed by atoms with Crippen LogP contribution in [0.4, 0.5) is 0 Å². The Labute approximate surface area is 63.2 Å². The largest absolute Gasteiger partial charge is 0.344 e. The summed E-state index contributed by atoms with van der Waals surface area (Å²) in [7, 11) is 0. The van der Waals surface area contributed by atoms with Crippen molar-refractivity contribution in [2.75, 3.05) is 0 Å². The summed E-state index contributed by atoms with van der Waals surface area (Å²) in [4.78, 5) is 0. The number of hydrogen-bond donors (Lipinski definition) is 0. The van der Waals surface area contributed by atoms with Crippen LogP contribution < -0.4 is 0 Å². The number of hydrogen-bond acceptors (Lipinski definition) is 1. The van der Waals surface area contributed by atoms with E-state index in [1.54, 1.807) is 6.92 Å². The predicted molar refractivity (Wildman–Crippen MR) is 40.2 cm³/mol. The standard InChI is InChI=1S/C8H17O2/c1-5-7(3)10-8(4,9)6-2/h7H,5-6H2,1-4H3. The fourth-order valence-electron chi connectivity index (χ4n) is 0.592. The van der Waals surface area contributed by atoms with Gasteiger partial charge in [0.2, 0.25) is 0 Å². The van der Waals surface area contributed by atoms with Gasteiger partial charge in [-0.15, -0.1) is 0 Å². The molecule has 0 aliphatic carbocycles. The van der Waals surface area contributed by atoms with Gasteiger partial charge in [-0.05, 0) is 20.3 Å². The van der Waals surface area contributed by atoms with E-state index in [9.17, 15) is 5.11 Å². The van der Waals surface area contributed by atoms with Crippen molar-refractivity contribution in [2.24, 2.45) is 0 Å². The van der Waals surface area contributed by atoms with E-state index in [2.05, 4.69) is 0 Å². The second-order valence-corrected chi connectivity index (χ2v) is 2.82. The van der Waals surface area contributed by atoms with Crippen LogP contribution in [-0.4, -0.2) is 11.9 Å². The Morgan fingerprint density at radius 1 is 1.50 bits per heavy atom. The molecule has 2 nitrogen and oxygen atoms in total. The molecule has 0 rings (SSSR count). The molecule has 0 N–H and O–H groups in total. The molecular weight excluding hydrogens is 128 g/mol. The Kier molecular flexibility index (Phi) is 3.91. The van der Waals surface area contributed by atoms with Gasteiger partial charge in [0.25, 0.3) is 0 Å². The SMILES string of the molecule is CCC(C)OC(C)([O])CC. The summed E-state index contributed by atoms with van der Waals surface area (Å²) in [6, 6.07) is 0. The molecule has 10 heavy (non-hydrogen) atoms. The Balaban J connectivity index is 3.64. The summed E-state index contributed by atoms with van der Waals surface area (Å²) in [5.41, 5.74) is 0. The van der Waals surface area contributed by atoms with Crippen LogP contribution in [0.1, 0.15) is 40.5 Å². The lowest BCUT2D eigenvalue weighted by molar-refractivity contribution is -0.250. The van der Waals surface area contributed by atoms with Crippen molar-refractivity contribution in [1.29, 1.82) is 0 Å². The minimum atomic E-state index is -1.19. The summed E-state index contributed by atoms with van der Waals surface area (Å²) in [5.74, 6) is -1.19. The van der Waals surface area contributed by atoms with Crippen LogP contribution in [0.5, 0.6) is 0 Å². The first-order chi connectivity index (χ1) is 4.52. The highest BCUT2D eigenvalue weighted by Gasteiger charge is 2.22. The third kappa shape index (κ3) is 3.85. The molecule has 0 aliphatic heterocycles. The second kappa shape index (κ2) is 3.94. The van der Waals surface area contributed by atoms with Gasteiger partial charge in [-0.3, -0.25) is 0 Å². The van der Waals surface area contributed by atoms with E-state index in [-0.39, 0.29) is 6.10 Å². The van der Waals surface area contributed by atoms with Gasteiger partial charge in [-0.1, -0.05) is 13.8 Å². The van der Waals surface area contributed by atoms with Crippen LogP contribution in [0.15, 0.2) is 0 Å². The van der Waals surface area contributed by atoms with Gasteiger partial charge in [0, 0.05) is 6.42 Å². The van der Waals surface area contributed by atoms with Crippen LogP contribution in [0, 0.1) is 0 Å². The third-order valence-electron chi connectivity index (χ3n) is 1.67. The van der Waals surface area contributed by atoms with E-state index in [0.717, 1.165) is 6.42 Å². The third-order valence-corrected chi connectivity index (χ3v) is 1.67. The fraction of sp³-hybridized carbons (Fsp3) is 1.00. The summed E-state index contributed by atoms with van der Waals surface area (Å²) in [5, 5.41) is 11.2. The lowest BCUT2D eigenvalue weighted by Crippen LogP contribution is -2.29. The summed E-state index contributed by atoms with van der Waals surface area (Å²) in [6.45, 7) is 7.36. The molecule has 61 valence electrons. The van der Waals surface area contributed by atoms with E-state index in [4.69, 9.17) is 4.74 Å². The average Bonchev–Trinajstić information content (AvgIpc) is 1.87. The van der Waals surface area contributed by atoms with Gasteiger partial charge in [0.15, 0.2) is 5.79 Å². The molecule has 0 saturated carbocycles. The Hall–Kier alpha value is -0.0800. The predicted octanol–water partition coefficient (Wildman–Crippen LogP) is 2.36. The van der Waals surface area contributed by atoms with Gasteiger partial charge in [0.05, 0.1) is 6.10 Å². The first-order valence-electron chi connectivity index (χ1n) is 3.90. The molecular formula is C8H17O2. The van der Waals surface area contributed by atoms with E-state index >= 15 is 0 Å². The molecule has 0 aromatic rings. The highest BCUT2D eigenvalue weighted by atomic mass is 16.6. The molecule has 1 radical (unpaired) electrons. The molecule has 0 bridgehead atoms. The monoisotopic (exact) mass is 145 g/mol. The first-order valence-corrected chi connectivity index (χ1v) is 3.90. The van der Waals surface area contributed by atoms with E-state index in [1.165, 1.54) is 0 Å². The highest BCUT2D eigenvalue weighted by Crippen LogP contribution is 2.15. The zero-order valence-corrected chi connectivity index (χ0v) is 7.31. The number of rotatable bonds is 4. The van der Waals surface area contributed by atoms with Gasteiger partial charge in [0.1, 0.15) is 0 Å². The first kappa shape index (κ1) is 9.92. The zero-order chi connectivity index (χ0) is 8.20.